The van der Waals surface area contributed by atoms with Gasteiger partial charge in [-0.05, 0) is 56.0 Å². The molecule has 172 valence electrons. The highest BCUT2D eigenvalue weighted by Gasteiger charge is 2.26. The number of rotatable bonds is 7. The van der Waals surface area contributed by atoms with Crippen molar-refractivity contribution in [2.24, 2.45) is 0 Å². The number of nitrogens with zero attached hydrogens (tertiary/aromatic N) is 2. The van der Waals surface area contributed by atoms with Crippen molar-refractivity contribution in [3.8, 4) is 0 Å². The SMILES string of the molecule is CCN(CC)S(=O)(=O)c1cc(C(=O)Nc2c(C)cccc2C(=O)N2CCCC2)ccc1C. The molecule has 0 aliphatic carbocycles. The van der Waals surface area contributed by atoms with Crippen molar-refractivity contribution < 1.29 is 18.0 Å². The Hall–Kier alpha value is -2.71. The van der Waals surface area contributed by atoms with Crippen molar-refractivity contribution in [1.82, 2.24) is 9.21 Å². The first-order valence-electron chi connectivity index (χ1n) is 11.0. The number of likely N-dealkylation sites (tertiary alicyclic amines) is 1. The number of carbonyl (C=O) groups excluding carboxylic acids is 2. The predicted molar refractivity (Wildman–Crippen MR) is 126 cm³/mol. The molecule has 1 heterocycles. The van der Waals surface area contributed by atoms with Crippen LogP contribution in [0.5, 0.6) is 0 Å². The van der Waals surface area contributed by atoms with Crippen LogP contribution in [0.25, 0.3) is 0 Å². The fourth-order valence-corrected chi connectivity index (χ4v) is 5.72. The molecule has 0 saturated carbocycles. The number of nitrogens with one attached hydrogen (secondary N) is 1. The van der Waals surface area contributed by atoms with Crippen LogP contribution in [-0.4, -0.2) is 55.6 Å². The molecule has 2 aromatic carbocycles. The summed E-state index contributed by atoms with van der Waals surface area (Å²) in [5.74, 6) is -0.555. The Balaban J connectivity index is 1.94. The number of benzene rings is 2. The van der Waals surface area contributed by atoms with Crippen LogP contribution >= 0.6 is 0 Å². The highest BCUT2D eigenvalue weighted by Crippen LogP contribution is 2.26. The number of para-hydroxylation sites is 1. The molecule has 3 rings (SSSR count). The number of aryl methyl sites for hydroxylation is 2. The Morgan fingerprint density at radius 1 is 1.00 bits per heavy atom. The minimum absolute atomic E-state index is 0.102. The van der Waals surface area contributed by atoms with Crippen LogP contribution < -0.4 is 5.32 Å². The normalized spacial score (nSPS) is 14.1. The van der Waals surface area contributed by atoms with Gasteiger partial charge < -0.3 is 10.2 Å². The van der Waals surface area contributed by atoms with E-state index in [2.05, 4.69) is 5.32 Å². The van der Waals surface area contributed by atoms with Gasteiger partial charge in [0, 0.05) is 31.7 Å². The molecule has 0 bridgehead atoms. The van der Waals surface area contributed by atoms with Crippen molar-refractivity contribution in [2.45, 2.75) is 45.4 Å². The standard InChI is InChI=1S/C24H31N3O4S/c1-5-27(6-2)32(30,31)21-16-19(13-12-17(21)3)23(28)25-22-18(4)10-9-11-20(22)24(29)26-14-7-8-15-26/h9-13,16H,5-8,14-15H2,1-4H3,(H,25,28). The maximum absolute atomic E-state index is 13.1. The molecule has 32 heavy (non-hydrogen) atoms. The van der Waals surface area contributed by atoms with E-state index in [1.54, 1.807) is 49.9 Å². The third-order valence-corrected chi connectivity index (χ3v) is 8.10. The first-order valence-corrected chi connectivity index (χ1v) is 12.5. The second-order valence-electron chi connectivity index (χ2n) is 8.02. The maximum Gasteiger partial charge on any atom is 0.255 e. The predicted octanol–water partition coefficient (Wildman–Crippen LogP) is 3.82. The topological polar surface area (TPSA) is 86.8 Å². The summed E-state index contributed by atoms with van der Waals surface area (Å²) in [5.41, 5.74) is 2.48. The van der Waals surface area contributed by atoms with Gasteiger partial charge in [-0.25, -0.2) is 8.42 Å². The number of sulfonamides is 1. The van der Waals surface area contributed by atoms with Gasteiger partial charge in [-0.1, -0.05) is 32.0 Å². The monoisotopic (exact) mass is 457 g/mol. The van der Waals surface area contributed by atoms with E-state index in [9.17, 15) is 18.0 Å². The van der Waals surface area contributed by atoms with Gasteiger partial charge in [0.05, 0.1) is 16.1 Å². The second-order valence-corrected chi connectivity index (χ2v) is 9.93. The van der Waals surface area contributed by atoms with E-state index in [1.165, 1.54) is 10.4 Å². The average molecular weight is 458 g/mol. The first kappa shape index (κ1) is 23.9. The lowest BCUT2D eigenvalue weighted by atomic mass is 10.1. The van der Waals surface area contributed by atoms with Crippen molar-refractivity contribution in [2.75, 3.05) is 31.5 Å². The maximum atomic E-state index is 13.1. The largest absolute Gasteiger partial charge is 0.339 e. The fourth-order valence-electron chi connectivity index (χ4n) is 4.01. The highest BCUT2D eigenvalue weighted by molar-refractivity contribution is 7.89. The molecule has 1 N–H and O–H groups in total. The lowest BCUT2D eigenvalue weighted by Gasteiger charge is -2.21. The Morgan fingerprint density at radius 2 is 1.66 bits per heavy atom. The molecule has 1 saturated heterocycles. The summed E-state index contributed by atoms with van der Waals surface area (Å²) in [6.45, 7) is 9.23. The minimum atomic E-state index is -3.71. The molecule has 2 aromatic rings. The number of carbonyl (C=O) groups is 2. The van der Waals surface area contributed by atoms with Crippen LogP contribution in [-0.2, 0) is 10.0 Å². The van der Waals surface area contributed by atoms with Crippen LogP contribution in [0, 0.1) is 13.8 Å². The summed E-state index contributed by atoms with van der Waals surface area (Å²) in [6.07, 6.45) is 1.96. The van der Waals surface area contributed by atoms with Crippen LogP contribution in [0.2, 0.25) is 0 Å². The van der Waals surface area contributed by atoms with Crippen molar-refractivity contribution in [3.63, 3.8) is 0 Å². The van der Waals surface area contributed by atoms with E-state index in [0.29, 0.717) is 43.0 Å². The fraction of sp³-hybridized carbons (Fsp3) is 0.417. The smallest absolute Gasteiger partial charge is 0.255 e. The van der Waals surface area contributed by atoms with Crippen LogP contribution in [0.4, 0.5) is 5.69 Å². The molecule has 1 fully saturated rings. The van der Waals surface area contributed by atoms with Crippen molar-refractivity contribution in [1.29, 1.82) is 0 Å². The Kier molecular flexibility index (Phi) is 7.36. The molecule has 1 aliphatic rings. The molecule has 0 spiro atoms. The van der Waals surface area contributed by atoms with E-state index in [-0.39, 0.29) is 16.4 Å². The van der Waals surface area contributed by atoms with E-state index >= 15 is 0 Å². The van der Waals surface area contributed by atoms with Gasteiger partial charge in [-0.15, -0.1) is 0 Å². The van der Waals surface area contributed by atoms with E-state index in [1.807, 2.05) is 13.0 Å². The molecule has 2 amide bonds. The third-order valence-electron chi connectivity index (χ3n) is 5.91. The summed E-state index contributed by atoms with van der Waals surface area (Å²) in [6, 6.07) is 10.0. The molecule has 7 nitrogen and oxygen atoms in total. The average Bonchev–Trinajstić information content (AvgIpc) is 3.30. The van der Waals surface area contributed by atoms with E-state index in [0.717, 1.165) is 18.4 Å². The van der Waals surface area contributed by atoms with Crippen LogP contribution in [0.15, 0.2) is 41.3 Å². The third kappa shape index (κ3) is 4.71. The molecule has 0 unspecified atom stereocenters. The van der Waals surface area contributed by atoms with Gasteiger partial charge in [0.25, 0.3) is 11.8 Å². The van der Waals surface area contributed by atoms with Crippen molar-refractivity contribution in [3.05, 3.63) is 58.7 Å². The molecular formula is C24H31N3O4S. The zero-order chi connectivity index (χ0) is 23.5. The minimum Gasteiger partial charge on any atom is -0.339 e. The van der Waals surface area contributed by atoms with Gasteiger partial charge in [0.15, 0.2) is 0 Å². The van der Waals surface area contributed by atoms with Crippen molar-refractivity contribution >= 4 is 27.5 Å². The van der Waals surface area contributed by atoms with Crippen LogP contribution in [0.1, 0.15) is 58.5 Å². The van der Waals surface area contributed by atoms with Gasteiger partial charge in [0.2, 0.25) is 10.0 Å². The Morgan fingerprint density at radius 3 is 2.28 bits per heavy atom. The number of hydrogen-bond acceptors (Lipinski definition) is 4. The first-order chi connectivity index (χ1) is 15.2. The van der Waals surface area contributed by atoms with E-state index < -0.39 is 15.9 Å². The summed E-state index contributed by atoms with van der Waals surface area (Å²) in [5, 5.41) is 2.86. The van der Waals surface area contributed by atoms with Crippen LogP contribution in [0.3, 0.4) is 0 Å². The van der Waals surface area contributed by atoms with Gasteiger partial charge in [-0.2, -0.15) is 4.31 Å². The number of amides is 2. The summed E-state index contributed by atoms with van der Waals surface area (Å²) in [7, 11) is -3.71. The zero-order valence-corrected chi connectivity index (χ0v) is 20.0. The lowest BCUT2D eigenvalue weighted by molar-refractivity contribution is 0.0793. The quantitative estimate of drug-likeness (QED) is 0.685. The second kappa shape index (κ2) is 9.83. The van der Waals surface area contributed by atoms with Gasteiger partial charge in [0.1, 0.15) is 0 Å². The summed E-state index contributed by atoms with van der Waals surface area (Å²) < 4.78 is 27.4. The zero-order valence-electron chi connectivity index (χ0n) is 19.1. The summed E-state index contributed by atoms with van der Waals surface area (Å²) in [4.78, 5) is 28.0. The molecule has 8 heteroatoms. The highest BCUT2D eigenvalue weighted by atomic mass is 32.2. The molecule has 0 aromatic heterocycles. The number of hydrogen-bond donors (Lipinski definition) is 1. The summed E-state index contributed by atoms with van der Waals surface area (Å²) >= 11 is 0. The number of anilines is 1. The van der Waals surface area contributed by atoms with E-state index in [4.69, 9.17) is 0 Å². The Labute approximate surface area is 190 Å². The van der Waals surface area contributed by atoms with Gasteiger partial charge >= 0.3 is 0 Å². The van der Waals surface area contributed by atoms with Gasteiger partial charge in [-0.3, -0.25) is 9.59 Å². The molecule has 1 aliphatic heterocycles. The molecular weight excluding hydrogens is 426 g/mol. The Bertz CT molecular complexity index is 1120. The molecule has 0 radical (unpaired) electrons. The lowest BCUT2D eigenvalue weighted by Crippen LogP contribution is -2.31. The molecule has 0 atom stereocenters.